The van der Waals surface area contributed by atoms with E-state index in [9.17, 15) is 9.59 Å². The lowest BCUT2D eigenvalue weighted by atomic mass is 9.97. The molecule has 4 nitrogen and oxygen atoms in total. The number of benzene rings is 2. The van der Waals surface area contributed by atoms with E-state index in [4.69, 9.17) is 5.11 Å². The average molecular weight is 284 g/mol. The number of fused-ring (bicyclic) bond motifs is 1. The summed E-state index contributed by atoms with van der Waals surface area (Å²) in [7, 11) is 1.25. The molecule has 0 bridgehead atoms. The Morgan fingerprint density at radius 1 is 1.10 bits per heavy atom. The van der Waals surface area contributed by atoms with Crippen LogP contribution in [0.15, 0.2) is 48.0 Å². The van der Waals surface area contributed by atoms with Crippen molar-refractivity contribution in [3.8, 4) is 0 Å². The van der Waals surface area contributed by atoms with Crippen molar-refractivity contribution < 1.29 is 19.4 Å². The van der Waals surface area contributed by atoms with Gasteiger partial charge >= 0.3 is 11.9 Å². The quantitative estimate of drug-likeness (QED) is 0.691. The summed E-state index contributed by atoms with van der Waals surface area (Å²) in [5, 5.41) is 11.1. The number of methoxy groups -OCH3 is 1. The van der Waals surface area contributed by atoms with Gasteiger partial charge in [0.1, 0.15) is 0 Å². The Labute approximate surface area is 122 Å². The van der Waals surface area contributed by atoms with Gasteiger partial charge in [-0.15, -0.1) is 0 Å². The van der Waals surface area contributed by atoms with Gasteiger partial charge in [0.2, 0.25) is 0 Å². The van der Waals surface area contributed by atoms with Crippen LogP contribution in [-0.2, 0) is 14.3 Å². The van der Waals surface area contributed by atoms with E-state index in [-0.39, 0.29) is 12.0 Å². The first kappa shape index (κ1) is 14.8. The second-order valence-corrected chi connectivity index (χ2v) is 4.73. The summed E-state index contributed by atoms with van der Waals surface area (Å²) in [5.41, 5.74) is 1.60. The highest BCUT2D eigenvalue weighted by Gasteiger charge is 2.18. The molecule has 0 amide bonds. The Balaban J connectivity index is 2.54. The molecule has 0 atom stereocenters. The molecule has 0 aliphatic heterocycles. The smallest absolute Gasteiger partial charge is 0.334 e. The van der Waals surface area contributed by atoms with Crippen LogP contribution in [0.1, 0.15) is 18.9 Å². The molecule has 0 heterocycles. The van der Waals surface area contributed by atoms with Gasteiger partial charge in [-0.05, 0) is 34.9 Å². The first-order valence-corrected chi connectivity index (χ1v) is 6.52. The SMILES string of the molecule is COC(=O)C(CC(=O)O)=C(C)c1ccc2ccccc2c1. The van der Waals surface area contributed by atoms with Gasteiger partial charge in [-0.3, -0.25) is 4.79 Å². The lowest BCUT2D eigenvalue weighted by Gasteiger charge is -2.10. The molecule has 2 aromatic rings. The lowest BCUT2D eigenvalue weighted by Crippen LogP contribution is -2.11. The number of carbonyl (C=O) groups is 2. The molecule has 2 aromatic carbocycles. The first-order valence-electron chi connectivity index (χ1n) is 6.52. The number of hydrogen-bond donors (Lipinski definition) is 1. The van der Waals surface area contributed by atoms with Gasteiger partial charge in [-0.1, -0.05) is 36.4 Å². The van der Waals surface area contributed by atoms with Gasteiger partial charge in [0.05, 0.1) is 19.1 Å². The minimum Gasteiger partial charge on any atom is -0.481 e. The number of hydrogen-bond acceptors (Lipinski definition) is 3. The Hall–Kier alpha value is -2.62. The van der Waals surface area contributed by atoms with E-state index in [0.717, 1.165) is 16.3 Å². The van der Waals surface area contributed by atoms with Crippen LogP contribution in [0.25, 0.3) is 16.3 Å². The van der Waals surface area contributed by atoms with E-state index < -0.39 is 11.9 Å². The number of ether oxygens (including phenoxy) is 1. The maximum absolute atomic E-state index is 11.8. The normalized spacial score (nSPS) is 11.9. The summed E-state index contributed by atoms with van der Waals surface area (Å²) in [4.78, 5) is 22.7. The number of carboxylic acids is 1. The van der Waals surface area contributed by atoms with Crippen LogP contribution in [0, 0.1) is 0 Å². The Morgan fingerprint density at radius 2 is 1.76 bits per heavy atom. The van der Waals surface area contributed by atoms with Crippen LogP contribution in [0.2, 0.25) is 0 Å². The highest BCUT2D eigenvalue weighted by Crippen LogP contribution is 2.25. The summed E-state index contributed by atoms with van der Waals surface area (Å²) >= 11 is 0. The molecule has 21 heavy (non-hydrogen) atoms. The Morgan fingerprint density at radius 3 is 2.38 bits per heavy atom. The van der Waals surface area contributed by atoms with Crippen molar-refractivity contribution in [3.63, 3.8) is 0 Å². The molecule has 4 heteroatoms. The van der Waals surface area contributed by atoms with Crippen molar-refractivity contribution in [2.24, 2.45) is 0 Å². The van der Waals surface area contributed by atoms with Crippen LogP contribution in [0.4, 0.5) is 0 Å². The molecule has 1 N–H and O–H groups in total. The molecular weight excluding hydrogens is 268 g/mol. The standard InChI is InChI=1S/C17H16O4/c1-11(15(10-16(18)19)17(20)21-2)13-8-7-12-5-3-4-6-14(12)9-13/h3-9H,10H2,1-2H3,(H,18,19). The van der Waals surface area contributed by atoms with Gasteiger partial charge in [0.15, 0.2) is 0 Å². The number of carbonyl (C=O) groups excluding carboxylic acids is 1. The predicted molar refractivity (Wildman–Crippen MR) is 80.8 cm³/mol. The zero-order chi connectivity index (χ0) is 15.4. The number of rotatable bonds is 4. The highest BCUT2D eigenvalue weighted by atomic mass is 16.5. The summed E-state index contributed by atoms with van der Waals surface area (Å²) < 4.78 is 4.68. The topological polar surface area (TPSA) is 63.6 Å². The van der Waals surface area contributed by atoms with E-state index in [1.165, 1.54) is 7.11 Å². The van der Waals surface area contributed by atoms with Crippen LogP contribution in [0.3, 0.4) is 0 Å². The molecule has 0 radical (unpaired) electrons. The minimum absolute atomic E-state index is 0.167. The molecule has 0 unspecified atom stereocenters. The summed E-state index contributed by atoms with van der Waals surface area (Å²) in [6, 6.07) is 13.6. The molecular formula is C17H16O4. The van der Waals surface area contributed by atoms with Gasteiger partial charge in [0.25, 0.3) is 0 Å². The fourth-order valence-electron chi connectivity index (χ4n) is 2.23. The van der Waals surface area contributed by atoms with Crippen LogP contribution < -0.4 is 0 Å². The van der Waals surface area contributed by atoms with Crippen LogP contribution in [-0.4, -0.2) is 24.2 Å². The fourth-order valence-corrected chi connectivity index (χ4v) is 2.23. The van der Waals surface area contributed by atoms with Gasteiger partial charge < -0.3 is 9.84 Å². The third-order valence-electron chi connectivity index (χ3n) is 3.39. The summed E-state index contributed by atoms with van der Waals surface area (Å²) in [5.74, 6) is -1.67. The number of carboxylic acid groups (broad SMARTS) is 1. The second kappa shape index (κ2) is 6.22. The van der Waals surface area contributed by atoms with Crippen molar-refractivity contribution in [1.82, 2.24) is 0 Å². The van der Waals surface area contributed by atoms with Crippen molar-refractivity contribution in [2.75, 3.05) is 7.11 Å². The maximum atomic E-state index is 11.8. The molecule has 0 spiro atoms. The molecule has 0 aliphatic rings. The van der Waals surface area contributed by atoms with Crippen LogP contribution >= 0.6 is 0 Å². The van der Waals surface area contributed by atoms with Crippen LogP contribution in [0.5, 0.6) is 0 Å². The zero-order valence-corrected chi connectivity index (χ0v) is 11.9. The van der Waals surface area contributed by atoms with Crippen molar-refractivity contribution in [3.05, 3.63) is 53.6 Å². The Kier molecular flexibility index (Phi) is 4.38. The molecule has 0 fully saturated rings. The maximum Gasteiger partial charge on any atom is 0.334 e. The monoisotopic (exact) mass is 284 g/mol. The van der Waals surface area contributed by atoms with Gasteiger partial charge in [-0.25, -0.2) is 4.79 Å². The molecule has 108 valence electrons. The molecule has 0 saturated heterocycles. The highest BCUT2D eigenvalue weighted by molar-refractivity contribution is 6.01. The van der Waals surface area contributed by atoms with E-state index in [2.05, 4.69) is 4.74 Å². The lowest BCUT2D eigenvalue weighted by molar-refractivity contribution is -0.141. The van der Waals surface area contributed by atoms with Gasteiger partial charge in [-0.2, -0.15) is 0 Å². The third-order valence-corrected chi connectivity index (χ3v) is 3.39. The molecule has 0 aliphatic carbocycles. The fraction of sp³-hybridized carbons (Fsp3) is 0.176. The van der Waals surface area contributed by atoms with Gasteiger partial charge in [0, 0.05) is 0 Å². The Bertz CT molecular complexity index is 728. The second-order valence-electron chi connectivity index (χ2n) is 4.73. The number of aliphatic carboxylic acids is 1. The molecule has 2 rings (SSSR count). The number of allylic oxidation sites excluding steroid dienone is 1. The largest absolute Gasteiger partial charge is 0.481 e. The van der Waals surface area contributed by atoms with Crippen molar-refractivity contribution in [1.29, 1.82) is 0 Å². The minimum atomic E-state index is -1.06. The van der Waals surface area contributed by atoms with E-state index in [1.807, 2.05) is 42.5 Å². The first-order chi connectivity index (χ1) is 10.0. The zero-order valence-electron chi connectivity index (χ0n) is 11.9. The molecule has 0 saturated carbocycles. The third kappa shape index (κ3) is 3.28. The summed E-state index contributed by atoms with van der Waals surface area (Å²) in [6.07, 6.45) is -0.356. The number of esters is 1. The summed E-state index contributed by atoms with van der Waals surface area (Å²) in [6.45, 7) is 1.74. The van der Waals surface area contributed by atoms with E-state index >= 15 is 0 Å². The van der Waals surface area contributed by atoms with Crippen molar-refractivity contribution >= 4 is 28.3 Å². The molecule has 0 aromatic heterocycles. The van der Waals surface area contributed by atoms with Crippen molar-refractivity contribution in [2.45, 2.75) is 13.3 Å². The van der Waals surface area contributed by atoms with E-state index in [0.29, 0.717) is 5.57 Å². The predicted octanol–water partition coefficient (Wildman–Crippen LogP) is 3.26. The van der Waals surface area contributed by atoms with E-state index in [1.54, 1.807) is 6.92 Å². The average Bonchev–Trinajstić information content (AvgIpc) is 2.50.